The Morgan fingerprint density at radius 3 is 2.75 bits per heavy atom. The zero-order valence-electron chi connectivity index (χ0n) is 12.3. The van der Waals surface area contributed by atoms with Gasteiger partial charge in [0, 0.05) is 18.3 Å². The van der Waals surface area contributed by atoms with Gasteiger partial charge in [-0.3, -0.25) is 4.79 Å². The molecule has 0 aromatic heterocycles. The summed E-state index contributed by atoms with van der Waals surface area (Å²) in [7, 11) is 1.91. The highest BCUT2D eigenvalue weighted by Crippen LogP contribution is 2.31. The molecule has 2 rings (SSSR count). The van der Waals surface area contributed by atoms with Gasteiger partial charge < -0.3 is 10.6 Å². The van der Waals surface area contributed by atoms with E-state index in [4.69, 9.17) is 5.73 Å². The highest BCUT2D eigenvalue weighted by atomic mass is 32.2. The number of amides is 1. The van der Waals surface area contributed by atoms with Gasteiger partial charge in [-0.25, -0.2) is 0 Å². The first-order valence-corrected chi connectivity index (χ1v) is 8.51. The van der Waals surface area contributed by atoms with Crippen LogP contribution in [0.15, 0.2) is 30.3 Å². The molecule has 3 nitrogen and oxygen atoms in total. The van der Waals surface area contributed by atoms with Gasteiger partial charge in [0.2, 0.25) is 5.91 Å². The largest absolute Gasteiger partial charge is 0.340 e. The van der Waals surface area contributed by atoms with Gasteiger partial charge in [-0.15, -0.1) is 0 Å². The summed E-state index contributed by atoms with van der Waals surface area (Å²) in [6, 6.07) is 9.89. The monoisotopic (exact) mass is 292 g/mol. The molecule has 110 valence electrons. The summed E-state index contributed by atoms with van der Waals surface area (Å²) in [6.07, 6.45) is 6.26. The SMILES string of the molecule is CS[C@H]1CCC[C@H]1N(C)C(=O)[C@@H](N)Cc1ccccc1. The van der Waals surface area contributed by atoms with Crippen LogP contribution in [0.3, 0.4) is 0 Å². The minimum absolute atomic E-state index is 0.0693. The van der Waals surface area contributed by atoms with Crippen LogP contribution in [0, 0.1) is 0 Å². The fraction of sp³-hybridized carbons (Fsp3) is 0.562. The van der Waals surface area contributed by atoms with Crippen molar-refractivity contribution in [2.75, 3.05) is 13.3 Å². The second kappa shape index (κ2) is 7.14. The Labute approximate surface area is 125 Å². The lowest BCUT2D eigenvalue weighted by Gasteiger charge is -2.31. The Morgan fingerprint density at radius 2 is 2.10 bits per heavy atom. The molecule has 1 aromatic rings. The molecule has 1 aliphatic carbocycles. The molecule has 20 heavy (non-hydrogen) atoms. The Balaban J connectivity index is 1.96. The molecule has 1 fully saturated rings. The molecule has 1 aliphatic rings. The van der Waals surface area contributed by atoms with Crippen LogP contribution in [0.4, 0.5) is 0 Å². The molecule has 1 saturated carbocycles. The molecule has 0 radical (unpaired) electrons. The molecule has 1 aromatic carbocycles. The zero-order chi connectivity index (χ0) is 14.5. The predicted octanol–water partition coefficient (Wildman–Crippen LogP) is 2.30. The number of likely N-dealkylation sites (N-methyl/N-ethyl adjacent to an activating group) is 1. The number of carbonyl (C=O) groups is 1. The van der Waals surface area contributed by atoms with Crippen LogP contribution in [-0.4, -0.2) is 41.4 Å². The number of carbonyl (C=O) groups excluding carboxylic acids is 1. The van der Waals surface area contributed by atoms with Gasteiger partial charge in [-0.05, 0) is 31.1 Å². The normalized spacial score (nSPS) is 23.6. The van der Waals surface area contributed by atoms with Crippen molar-refractivity contribution in [2.45, 2.75) is 43.0 Å². The maximum Gasteiger partial charge on any atom is 0.239 e. The first kappa shape index (κ1) is 15.4. The summed E-state index contributed by atoms with van der Waals surface area (Å²) in [6.45, 7) is 0. The third-order valence-corrected chi connectivity index (χ3v) is 5.34. The standard InChI is InChI=1S/C16H24N2OS/c1-18(14-9-6-10-15(14)20-2)16(19)13(17)11-12-7-4-3-5-8-12/h3-5,7-8,13-15H,6,9-11,17H2,1-2H3/t13-,14+,15-/m0/s1. The van der Waals surface area contributed by atoms with E-state index in [0.29, 0.717) is 17.7 Å². The van der Waals surface area contributed by atoms with E-state index in [1.165, 1.54) is 12.8 Å². The van der Waals surface area contributed by atoms with Crippen LogP contribution < -0.4 is 5.73 Å². The maximum atomic E-state index is 12.5. The second-order valence-electron chi connectivity index (χ2n) is 5.52. The molecular formula is C16H24N2OS. The molecular weight excluding hydrogens is 268 g/mol. The quantitative estimate of drug-likeness (QED) is 0.906. The number of thioether (sulfide) groups is 1. The lowest BCUT2D eigenvalue weighted by Crippen LogP contribution is -2.49. The number of nitrogens with zero attached hydrogens (tertiary/aromatic N) is 1. The highest BCUT2D eigenvalue weighted by molar-refractivity contribution is 7.99. The zero-order valence-corrected chi connectivity index (χ0v) is 13.1. The van der Waals surface area contributed by atoms with Crippen molar-refractivity contribution in [1.29, 1.82) is 0 Å². The fourth-order valence-electron chi connectivity index (χ4n) is 3.00. The number of benzene rings is 1. The molecule has 2 N–H and O–H groups in total. The van der Waals surface area contributed by atoms with Crippen LogP contribution in [0.5, 0.6) is 0 Å². The molecule has 3 atom stereocenters. The van der Waals surface area contributed by atoms with Gasteiger partial charge in [0.1, 0.15) is 0 Å². The fourth-order valence-corrected chi connectivity index (χ4v) is 4.04. The number of hydrogen-bond acceptors (Lipinski definition) is 3. The lowest BCUT2D eigenvalue weighted by molar-refractivity contribution is -0.133. The molecule has 0 unspecified atom stereocenters. The second-order valence-corrected chi connectivity index (χ2v) is 6.59. The Morgan fingerprint density at radius 1 is 1.40 bits per heavy atom. The van der Waals surface area contributed by atoms with Crippen LogP contribution in [0.1, 0.15) is 24.8 Å². The molecule has 4 heteroatoms. The summed E-state index contributed by atoms with van der Waals surface area (Å²) in [5.74, 6) is 0.0693. The van der Waals surface area contributed by atoms with E-state index in [1.54, 1.807) is 0 Å². The van der Waals surface area contributed by atoms with E-state index in [9.17, 15) is 4.79 Å². The van der Waals surface area contributed by atoms with E-state index in [2.05, 4.69) is 6.26 Å². The molecule has 1 amide bonds. The van der Waals surface area contributed by atoms with E-state index in [-0.39, 0.29) is 5.91 Å². The first-order chi connectivity index (χ1) is 9.63. The van der Waals surface area contributed by atoms with E-state index >= 15 is 0 Å². The smallest absolute Gasteiger partial charge is 0.239 e. The van der Waals surface area contributed by atoms with Crippen molar-refractivity contribution in [1.82, 2.24) is 4.90 Å². The Kier molecular flexibility index (Phi) is 5.49. The van der Waals surface area contributed by atoms with E-state index < -0.39 is 6.04 Å². The van der Waals surface area contributed by atoms with E-state index in [1.807, 2.05) is 54.0 Å². The van der Waals surface area contributed by atoms with Crippen molar-refractivity contribution < 1.29 is 4.79 Å². The summed E-state index contributed by atoms with van der Waals surface area (Å²) >= 11 is 1.87. The van der Waals surface area contributed by atoms with Gasteiger partial charge >= 0.3 is 0 Å². The molecule has 0 bridgehead atoms. The molecule has 0 heterocycles. The van der Waals surface area contributed by atoms with Gasteiger partial charge in [0.25, 0.3) is 0 Å². The Hall–Kier alpha value is -1.00. The lowest BCUT2D eigenvalue weighted by atomic mass is 10.0. The van der Waals surface area contributed by atoms with E-state index in [0.717, 1.165) is 12.0 Å². The van der Waals surface area contributed by atoms with Gasteiger partial charge in [0.05, 0.1) is 6.04 Å². The number of rotatable bonds is 5. The Bertz CT molecular complexity index is 437. The average molecular weight is 292 g/mol. The van der Waals surface area contributed by atoms with Crippen molar-refractivity contribution in [3.05, 3.63) is 35.9 Å². The minimum Gasteiger partial charge on any atom is -0.340 e. The number of hydrogen-bond donors (Lipinski definition) is 1. The van der Waals surface area contributed by atoms with Crippen molar-refractivity contribution >= 4 is 17.7 Å². The predicted molar refractivity (Wildman–Crippen MR) is 85.8 cm³/mol. The van der Waals surface area contributed by atoms with Crippen molar-refractivity contribution in [3.8, 4) is 0 Å². The van der Waals surface area contributed by atoms with Crippen LogP contribution >= 0.6 is 11.8 Å². The van der Waals surface area contributed by atoms with Crippen molar-refractivity contribution in [3.63, 3.8) is 0 Å². The topological polar surface area (TPSA) is 46.3 Å². The average Bonchev–Trinajstić information content (AvgIpc) is 2.95. The third-order valence-electron chi connectivity index (χ3n) is 4.18. The van der Waals surface area contributed by atoms with Crippen molar-refractivity contribution in [2.24, 2.45) is 5.73 Å². The van der Waals surface area contributed by atoms with Gasteiger partial charge in [0.15, 0.2) is 0 Å². The summed E-state index contributed by atoms with van der Waals surface area (Å²) < 4.78 is 0. The summed E-state index contributed by atoms with van der Waals surface area (Å²) in [4.78, 5) is 14.4. The number of nitrogens with two attached hydrogens (primary N) is 1. The molecule has 0 saturated heterocycles. The van der Waals surface area contributed by atoms with Gasteiger partial charge in [-0.2, -0.15) is 11.8 Å². The van der Waals surface area contributed by atoms with Gasteiger partial charge in [-0.1, -0.05) is 36.8 Å². The van der Waals surface area contributed by atoms with Crippen LogP contribution in [-0.2, 0) is 11.2 Å². The van der Waals surface area contributed by atoms with Crippen LogP contribution in [0.2, 0.25) is 0 Å². The summed E-state index contributed by atoms with van der Waals surface area (Å²) in [5, 5.41) is 0.563. The van der Waals surface area contributed by atoms with Crippen LogP contribution in [0.25, 0.3) is 0 Å². The molecule has 0 aliphatic heterocycles. The third kappa shape index (κ3) is 3.55. The highest BCUT2D eigenvalue weighted by Gasteiger charge is 2.33. The minimum atomic E-state index is -0.439. The first-order valence-electron chi connectivity index (χ1n) is 7.22. The molecule has 0 spiro atoms. The maximum absolute atomic E-state index is 12.5. The summed E-state index contributed by atoms with van der Waals surface area (Å²) in [5.41, 5.74) is 7.23.